The van der Waals surface area contributed by atoms with Gasteiger partial charge >= 0.3 is 0 Å². The third-order valence-electron chi connectivity index (χ3n) is 5.76. The summed E-state index contributed by atoms with van der Waals surface area (Å²) in [6, 6.07) is 17.7. The first-order valence-electron chi connectivity index (χ1n) is 10.8. The molecule has 1 unspecified atom stereocenters. The van der Waals surface area contributed by atoms with Crippen LogP contribution in [0.25, 0.3) is 0 Å². The minimum atomic E-state index is -0.451. The van der Waals surface area contributed by atoms with Crippen molar-refractivity contribution in [2.24, 2.45) is 0 Å². The predicted molar refractivity (Wildman–Crippen MR) is 116 cm³/mol. The highest BCUT2D eigenvalue weighted by molar-refractivity contribution is 5.88. The molecule has 2 amide bonds. The predicted octanol–water partition coefficient (Wildman–Crippen LogP) is 4.40. The zero-order valence-electron chi connectivity index (χ0n) is 17.6. The molecule has 0 heterocycles. The summed E-state index contributed by atoms with van der Waals surface area (Å²) in [5.41, 5.74) is 3.20. The highest BCUT2D eigenvalue weighted by Crippen LogP contribution is 2.20. The van der Waals surface area contributed by atoms with Gasteiger partial charge in [0, 0.05) is 12.6 Å². The van der Waals surface area contributed by atoms with Crippen LogP contribution in [0, 0.1) is 6.92 Å². The lowest BCUT2D eigenvalue weighted by Gasteiger charge is -2.31. The van der Waals surface area contributed by atoms with Gasteiger partial charge in [-0.1, -0.05) is 79.9 Å². The smallest absolute Gasteiger partial charge is 0.243 e. The van der Waals surface area contributed by atoms with E-state index in [2.05, 4.69) is 17.4 Å². The summed E-state index contributed by atoms with van der Waals surface area (Å²) in [5.74, 6) is -0.0295. The van der Waals surface area contributed by atoms with Gasteiger partial charge in [-0.3, -0.25) is 9.59 Å². The maximum atomic E-state index is 13.3. The molecule has 0 spiro atoms. The van der Waals surface area contributed by atoms with Crippen molar-refractivity contribution in [3.05, 3.63) is 71.3 Å². The minimum Gasteiger partial charge on any atom is -0.352 e. The number of carbonyl (C=O) groups is 2. The maximum absolute atomic E-state index is 13.3. The molecule has 0 saturated heterocycles. The Morgan fingerprint density at radius 1 is 1.00 bits per heavy atom. The maximum Gasteiger partial charge on any atom is 0.243 e. The van der Waals surface area contributed by atoms with Crippen LogP contribution in [0.2, 0.25) is 0 Å². The van der Waals surface area contributed by atoms with Crippen LogP contribution >= 0.6 is 0 Å². The van der Waals surface area contributed by atoms with E-state index >= 15 is 0 Å². The standard InChI is InChI=1S/C25H32N2O2/c1-3-23(25(29)26-22-11-7-8-12-22)27(18-21-15-13-19(2)14-16-21)24(28)17-20-9-5-4-6-10-20/h4-6,9-10,13-16,22-23H,3,7-8,11-12,17-18H2,1-2H3,(H,26,29). The first-order valence-corrected chi connectivity index (χ1v) is 10.8. The third-order valence-corrected chi connectivity index (χ3v) is 5.76. The topological polar surface area (TPSA) is 49.4 Å². The largest absolute Gasteiger partial charge is 0.352 e. The molecule has 1 aliphatic carbocycles. The monoisotopic (exact) mass is 392 g/mol. The second kappa shape index (κ2) is 10.2. The van der Waals surface area contributed by atoms with Crippen molar-refractivity contribution in [3.63, 3.8) is 0 Å². The van der Waals surface area contributed by atoms with E-state index in [1.54, 1.807) is 4.90 Å². The fourth-order valence-corrected chi connectivity index (χ4v) is 4.05. The van der Waals surface area contributed by atoms with E-state index in [1.165, 1.54) is 18.4 Å². The lowest BCUT2D eigenvalue weighted by atomic mass is 10.1. The molecular weight excluding hydrogens is 360 g/mol. The second-order valence-corrected chi connectivity index (χ2v) is 8.08. The third kappa shape index (κ3) is 5.93. The molecule has 3 rings (SSSR count). The molecule has 1 saturated carbocycles. The summed E-state index contributed by atoms with van der Waals surface area (Å²) in [6.07, 6.45) is 5.32. The first-order chi connectivity index (χ1) is 14.1. The SMILES string of the molecule is CCC(C(=O)NC1CCCC1)N(Cc1ccc(C)cc1)C(=O)Cc1ccccc1. The van der Waals surface area contributed by atoms with Crippen LogP contribution in [0.4, 0.5) is 0 Å². The Balaban J connectivity index is 1.79. The normalized spacial score (nSPS) is 15.1. The summed E-state index contributed by atoms with van der Waals surface area (Å²) in [6.45, 7) is 4.48. The average molecular weight is 393 g/mol. The van der Waals surface area contributed by atoms with E-state index in [9.17, 15) is 9.59 Å². The highest BCUT2D eigenvalue weighted by Gasteiger charge is 2.30. The highest BCUT2D eigenvalue weighted by atomic mass is 16.2. The van der Waals surface area contributed by atoms with Crippen LogP contribution in [0.1, 0.15) is 55.7 Å². The number of amides is 2. The fraction of sp³-hybridized carbons (Fsp3) is 0.440. The van der Waals surface area contributed by atoms with Gasteiger partial charge in [-0.25, -0.2) is 0 Å². The molecular formula is C25H32N2O2. The molecule has 0 bridgehead atoms. The van der Waals surface area contributed by atoms with Crippen LogP contribution in [-0.2, 0) is 22.6 Å². The first kappa shape index (κ1) is 21.1. The number of aryl methyl sites for hydroxylation is 1. The number of benzene rings is 2. The number of carbonyl (C=O) groups excluding carboxylic acids is 2. The summed E-state index contributed by atoms with van der Waals surface area (Å²) in [4.78, 5) is 28.1. The van der Waals surface area contributed by atoms with Gasteiger partial charge in [0.1, 0.15) is 6.04 Å². The summed E-state index contributed by atoms with van der Waals surface area (Å²) >= 11 is 0. The number of nitrogens with zero attached hydrogens (tertiary/aromatic N) is 1. The van der Waals surface area contributed by atoms with Crippen molar-refractivity contribution in [3.8, 4) is 0 Å². The average Bonchev–Trinajstić information content (AvgIpc) is 3.23. The molecule has 0 radical (unpaired) electrons. The lowest BCUT2D eigenvalue weighted by Crippen LogP contribution is -2.51. The molecule has 154 valence electrons. The van der Waals surface area contributed by atoms with Crippen LogP contribution in [-0.4, -0.2) is 28.8 Å². The summed E-state index contributed by atoms with van der Waals surface area (Å²) in [7, 11) is 0. The molecule has 29 heavy (non-hydrogen) atoms. The Kier molecular flexibility index (Phi) is 7.45. The molecule has 0 aliphatic heterocycles. The summed E-state index contributed by atoms with van der Waals surface area (Å²) in [5, 5.41) is 3.19. The van der Waals surface area contributed by atoms with E-state index in [0.717, 1.165) is 24.0 Å². The number of hydrogen-bond donors (Lipinski definition) is 1. The van der Waals surface area contributed by atoms with Crippen molar-refractivity contribution in [2.75, 3.05) is 0 Å². The van der Waals surface area contributed by atoms with E-state index in [0.29, 0.717) is 19.4 Å². The lowest BCUT2D eigenvalue weighted by molar-refractivity contribution is -0.141. The van der Waals surface area contributed by atoms with Gasteiger partial charge in [0.2, 0.25) is 11.8 Å². The van der Waals surface area contributed by atoms with Crippen molar-refractivity contribution in [1.29, 1.82) is 0 Å². The summed E-state index contributed by atoms with van der Waals surface area (Å²) < 4.78 is 0. The number of nitrogens with one attached hydrogen (secondary N) is 1. The number of rotatable bonds is 8. The van der Waals surface area contributed by atoms with Crippen molar-refractivity contribution >= 4 is 11.8 Å². The Labute approximate surface area is 174 Å². The molecule has 1 N–H and O–H groups in total. The van der Waals surface area contributed by atoms with Crippen molar-refractivity contribution in [2.45, 2.75) is 71.0 Å². The van der Waals surface area contributed by atoms with Gasteiger partial charge in [0.05, 0.1) is 6.42 Å². The molecule has 1 fully saturated rings. The van der Waals surface area contributed by atoms with Gasteiger partial charge in [-0.2, -0.15) is 0 Å². The van der Waals surface area contributed by atoms with Crippen LogP contribution in [0.15, 0.2) is 54.6 Å². The molecule has 2 aromatic rings. The minimum absolute atomic E-state index is 0.00908. The number of hydrogen-bond acceptors (Lipinski definition) is 2. The molecule has 4 heteroatoms. The van der Waals surface area contributed by atoms with Crippen LogP contribution < -0.4 is 5.32 Å². The van der Waals surface area contributed by atoms with E-state index in [4.69, 9.17) is 0 Å². The van der Waals surface area contributed by atoms with Crippen molar-refractivity contribution < 1.29 is 9.59 Å². The van der Waals surface area contributed by atoms with Crippen LogP contribution in [0.3, 0.4) is 0 Å². The van der Waals surface area contributed by atoms with Gasteiger partial charge < -0.3 is 10.2 Å². The van der Waals surface area contributed by atoms with Crippen molar-refractivity contribution in [1.82, 2.24) is 10.2 Å². The van der Waals surface area contributed by atoms with E-state index in [-0.39, 0.29) is 17.9 Å². The van der Waals surface area contributed by atoms with E-state index in [1.807, 2.05) is 56.3 Å². The quantitative estimate of drug-likeness (QED) is 0.724. The molecule has 4 nitrogen and oxygen atoms in total. The van der Waals surface area contributed by atoms with Crippen LogP contribution in [0.5, 0.6) is 0 Å². The second-order valence-electron chi connectivity index (χ2n) is 8.08. The van der Waals surface area contributed by atoms with E-state index < -0.39 is 6.04 Å². The van der Waals surface area contributed by atoms with Gasteiger partial charge in [-0.15, -0.1) is 0 Å². The Bertz CT molecular complexity index is 795. The Morgan fingerprint density at radius 2 is 1.66 bits per heavy atom. The fourth-order valence-electron chi connectivity index (χ4n) is 4.05. The van der Waals surface area contributed by atoms with Gasteiger partial charge in [0.15, 0.2) is 0 Å². The van der Waals surface area contributed by atoms with Gasteiger partial charge in [0.25, 0.3) is 0 Å². The Hall–Kier alpha value is -2.62. The molecule has 0 aromatic heterocycles. The zero-order valence-corrected chi connectivity index (χ0v) is 17.6. The molecule has 2 aromatic carbocycles. The molecule has 1 atom stereocenters. The Morgan fingerprint density at radius 3 is 2.28 bits per heavy atom. The molecule has 1 aliphatic rings. The van der Waals surface area contributed by atoms with Gasteiger partial charge in [-0.05, 0) is 37.3 Å². The zero-order chi connectivity index (χ0) is 20.6.